The van der Waals surface area contributed by atoms with Gasteiger partial charge in [-0.15, -0.1) is 5.10 Å². The molecule has 0 radical (unpaired) electrons. The molecule has 0 N–H and O–H groups in total. The number of ether oxygens (including phenoxy) is 1. The van der Waals surface area contributed by atoms with Crippen LogP contribution in [0.2, 0.25) is 0 Å². The molecule has 0 amide bonds. The lowest BCUT2D eigenvalue weighted by molar-refractivity contribution is -0.0575. The second kappa shape index (κ2) is 6.20. The van der Waals surface area contributed by atoms with Crippen molar-refractivity contribution in [2.45, 2.75) is 45.5 Å². The van der Waals surface area contributed by atoms with Crippen molar-refractivity contribution in [3.05, 3.63) is 34.7 Å². The smallest absolute Gasteiger partial charge is 0.401 e. The van der Waals surface area contributed by atoms with Crippen LogP contribution < -0.4 is 15.9 Å². The summed E-state index contributed by atoms with van der Waals surface area (Å²) in [6.45, 7) is 4.71. The van der Waals surface area contributed by atoms with Crippen molar-refractivity contribution in [3.8, 4) is 11.7 Å². The molecule has 10 heteroatoms. The van der Waals surface area contributed by atoms with Gasteiger partial charge in [0.05, 0.1) is 16.9 Å². The van der Waals surface area contributed by atoms with E-state index in [4.69, 9.17) is 9.31 Å². The third kappa shape index (κ3) is 3.14. The van der Waals surface area contributed by atoms with E-state index in [-0.39, 0.29) is 0 Å². The van der Waals surface area contributed by atoms with Gasteiger partial charge in [0, 0.05) is 7.05 Å². The number of halogens is 2. The molecule has 0 unspecified atom stereocenters. The molecule has 7 nitrogen and oxygen atoms in total. The Morgan fingerprint density at radius 2 is 1.65 bits per heavy atom. The summed E-state index contributed by atoms with van der Waals surface area (Å²) in [7, 11) is 0.798. The molecule has 3 rings (SSSR count). The fourth-order valence-electron chi connectivity index (χ4n) is 2.58. The molecule has 1 aliphatic rings. The van der Waals surface area contributed by atoms with Gasteiger partial charge < -0.3 is 14.0 Å². The van der Waals surface area contributed by atoms with E-state index in [9.17, 15) is 13.6 Å². The Labute approximate surface area is 149 Å². The Bertz CT molecular complexity index is 845. The highest BCUT2D eigenvalue weighted by Gasteiger charge is 2.51. The van der Waals surface area contributed by atoms with E-state index in [2.05, 4.69) is 9.84 Å². The van der Waals surface area contributed by atoms with Gasteiger partial charge in [0.2, 0.25) is 0 Å². The lowest BCUT2D eigenvalue weighted by atomic mass is 9.79. The summed E-state index contributed by atoms with van der Waals surface area (Å²) in [4.78, 5) is 12.2. The Hall–Kier alpha value is -2.20. The average molecular weight is 367 g/mol. The predicted octanol–water partition coefficient (Wildman–Crippen LogP) is 1.47. The van der Waals surface area contributed by atoms with E-state index < -0.39 is 36.6 Å². The number of nitrogens with zero attached hydrogens (tertiary/aromatic N) is 3. The zero-order valence-corrected chi connectivity index (χ0v) is 15.2. The van der Waals surface area contributed by atoms with E-state index in [0.717, 1.165) is 14.7 Å². The van der Waals surface area contributed by atoms with E-state index in [1.165, 1.54) is 7.05 Å². The Kier molecular flexibility index (Phi) is 4.44. The Balaban J connectivity index is 1.91. The fraction of sp³-hybridized carbons (Fsp3) is 0.500. The molecule has 1 aliphatic heterocycles. The molecule has 1 saturated heterocycles. The monoisotopic (exact) mass is 367 g/mol. The second-order valence-corrected chi connectivity index (χ2v) is 7.08. The number of hydrogen-bond donors (Lipinski definition) is 0. The normalized spacial score (nSPS) is 18.5. The maximum Gasteiger partial charge on any atom is 0.494 e. The van der Waals surface area contributed by atoms with Gasteiger partial charge in [-0.1, -0.05) is 12.1 Å². The van der Waals surface area contributed by atoms with Crippen LogP contribution in [0.3, 0.4) is 0 Å². The minimum Gasteiger partial charge on any atom is -0.401 e. The van der Waals surface area contributed by atoms with Crippen molar-refractivity contribution in [2.75, 3.05) is 0 Å². The summed E-state index contributed by atoms with van der Waals surface area (Å²) < 4.78 is 43.3. The van der Waals surface area contributed by atoms with Gasteiger partial charge in [-0.05, 0) is 45.3 Å². The summed E-state index contributed by atoms with van der Waals surface area (Å²) in [5.41, 5.74) is -0.451. The molecular weight excluding hydrogens is 347 g/mol. The fourth-order valence-corrected chi connectivity index (χ4v) is 2.58. The first kappa shape index (κ1) is 18.6. The number of alkyl halides is 2. The molecule has 2 aromatic rings. The summed E-state index contributed by atoms with van der Waals surface area (Å²) >= 11 is 0. The molecule has 1 aromatic carbocycles. The third-order valence-electron chi connectivity index (χ3n) is 4.77. The first-order valence-corrected chi connectivity index (χ1v) is 8.09. The van der Waals surface area contributed by atoms with Crippen molar-refractivity contribution in [2.24, 2.45) is 7.05 Å². The Morgan fingerprint density at radius 3 is 2.15 bits per heavy atom. The van der Waals surface area contributed by atoms with Gasteiger partial charge in [0.15, 0.2) is 0 Å². The van der Waals surface area contributed by atoms with Crippen molar-refractivity contribution in [1.29, 1.82) is 0 Å². The van der Waals surface area contributed by atoms with Crippen molar-refractivity contribution in [3.63, 3.8) is 0 Å². The van der Waals surface area contributed by atoms with Crippen LogP contribution >= 0.6 is 0 Å². The first-order chi connectivity index (χ1) is 12.0. The van der Waals surface area contributed by atoms with Gasteiger partial charge in [0.1, 0.15) is 0 Å². The van der Waals surface area contributed by atoms with Crippen LogP contribution in [0.15, 0.2) is 29.1 Å². The molecule has 2 heterocycles. The topological polar surface area (TPSA) is 67.5 Å². The van der Waals surface area contributed by atoms with E-state index in [1.54, 1.807) is 24.3 Å². The van der Waals surface area contributed by atoms with E-state index >= 15 is 0 Å². The number of rotatable bonds is 4. The van der Waals surface area contributed by atoms with Gasteiger partial charge in [-0.2, -0.15) is 8.78 Å². The molecule has 0 spiro atoms. The minimum atomic E-state index is -3.08. The number of aryl methyl sites for hydroxylation is 1. The lowest BCUT2D eigenvalue weighted by Crippen LogP contribution is -2.41. The number of aromatic nitrogens is 3. The summed E-state index contributed by atoms with van der Waals surface area (Å²) in [6.07, 6.45) is 0. The first-order valence-electron chi connectivity index (χ1n) is 8.09. The van der Waals surface area contributed by atoms with Crippen LogP contribution in [0.4, 0.5) is 8.78 Å². The van der Waals surface area contributed by atoms with Gasteiger partial charge in [-0.3, -0.25) is 0 Å². The maximum absolute atomic E-state index is 12.6. The van der Waals surface area contributed by atoms with E-state index in [0.29, 0.717) is 5.69 Å². The SMILES string of the molecule is Cn1nc(OC(F)F)n(-c2ccc(B3OC(C)(C)C(C)(C)O3)cc2)c1=O. The van der Waals surface area contributed by atoms with Crippen molar-refractivity contribution < 1.29 is 22.8 Å². The summed E-state index contributed by atoms with van der Waals surface area (Å²) in [5.74, 6) is 0. The molecule has 0 aliphatic carbocycles. The zero-order valence-electron chi connectivity index (χ0n) is 15.2. The maximum atomic E-state index is 12.6. The van der Waals surface area contributed by atoms with Crippen LogP contribution in [0.25, 0.3) is 5.69 Å². The van der Waals surface area contributed by atoms with Gasteiger partial charge in [0.25, 0.3) is 0 Å². The zero-order chi connectivity index (χ0) is 19.3. The second-order valence-electron chi connectivity index (χ2n) is 7.08. The standard InChI is InChI=1S/C16H20BF2N3O4/c1-15(2)16(3,4)26-17(25-15)10-6-8-11(9-7-10)22-13(24-12(18)19)20-21(5)14(22)23/h6-9,12H,1-5H3. The molecule has 0 bridgehead atoms. The lowest BCUT2D eigenvalue weighted by Gasteiger charge is -2.32. The van der Waals surface area contributed by atoms with Crippen molar-refractivity contribution in [1.82, 2.24) is 14.3 Å². The number of hydrogen-bond acceptors (Lipinski definition) is 5. The molecule has 1 fully saturated rings. The molecule has 26 heavy (non-hydrogen) atoms. The van der Waals surface area contributed by atoms with Gasteiger partial charge >= 0.3 is 25.4 Å². The minimum absolute atomic E-state index is 0.346. The van der Waals surface area contributed by atoms with Crippen LogP contribution in [0, 0.1) is 0 Å². The molecule has 140 valence electrons. The van der Waals surface area contributed by atoms with E-state index in [1.807, 2.05) is 27.7 Å². The summed E-state index contributed by atoms with van der Waals surface area (Å²) in [6, 6.07) is 6.14. The third-order valence-corrected chi connectivity index (χ3v) is 4.77. The largest absolute Gasteiger partial charge is 0.494 e. The van der Waals surface area contributed by atoms with Crippen molar-refractivity contribution >= 4 is 12.6 Å². The van der Waals surface area contributed by atoms with Gasteiger partial charge in [-0.25, -0.2) is 14.0 Å². The summed E-state index contributed by atoms with van der Waals surface area (Å²) in [5, 5.41) is 3.68. The Morgan fingerprint density at radius 1 is 1.12 bits per heavy atom. The number of benzene rings is 1. The van der Waals surface area contributed by atoms with Crippen LogP contribution in [0.5, 0.6) is 6.01 Å². The highest BCUT2D eigenvalue weighted by molar-refractivity contribution is 6.62. The predicted molar refractivity (Wildman–Crippen MR) is 91.2 cm³/mol. The molecule has 0 atom stereocenters. The van der Waals surface area contributed by atoms with Crippen LogP contribution in [-0.2, 0) is 16.4 Å². The highest BCUT2D eigenvalue weighted by Crippen LogP contribution is 2.36. The quantitative estimate of drug-likeness (QED) is 0.766. The molecule has 1 aromatic heterocycles. The molecular formula is C16H20BF2N3O4. The molecule has 0 saturated carbocycles. The van der Waals surface area contributed by atoms with Crippen LogP contribution in [-0.4, -0.2) is 39.3 Å². The van der Waals surface area contributed by atoms with Crippen LogP contribution in [0.1, 0.15) is 27.7 Å². The average Bonchev–Trinajstić information content (AvgIpc) is 2.91. The highest BCUT2D eigenvalue weighted by atomic mass is 19.3.